The average Bonchev–Trinajstić information content (AvgIpc) is 2.47. The van der Waals surface area contributed by atoms with Crippen molar-refractivity contribution in [1.82, 2.24) is 9.97 Å². The zero-order valence-corrected chi connectivity index (χ0v) is 12.6. The van der Waals surface area contributed by atoms with E-state index in [9.17, 15) is 9.59 Å². The number of aromatic amines is 2. The molecule has 1 heterocycles. The second-order valence-corrected chi connectivity index (χ2v) is 4.48. The Balaban J connectivity index is 2.35. The van der Waals surface area contributed by atoms with Gasteiger partial charge < -0.3 is 14.5 Å². The number of ether oxygens (including phenoxy) is 2. The predicted octanol–water partition coefficient (Wildman–Crippen LogP) is 1.53. The number of nitrogens with one attached hydrogen (secondary N) is 2. The number of nitrogens with zero attached hydrogens (tertiary/aromatic N) is 1. The maximum Gasteiger partial charge on any atom is 0.326 e. The lowest BCUT2D eigenvalue weighted by atomic mass is 10.2. The number of hydrogen-bond acceptors (Lipinski definition) is 5. The highest BCUT2D eigenvalue weighted by molar-refractivity contribution is 5.83. The van der Waals surface area contributed by atoms with Gasteiger partial charge in [0, 0.05) is 11.9 Å². The van der Waals surface area contributed by atoms with E-state index in [4.69, 9.17) is 9.47 Å². The molecule has 2 rings (SSSR count). The number of benzene rings is 1. The number of aryl methyl sites for hydroxylation is 1. The zero-order valence-electron chi connectivity index (χ0n) is 12.6. The van der Waals surface area contributed by atoms with E-state index in [2.05, 4.69) is 15.0 Å². The van der Waals surface area contributed by atoms with Crippen LogP contribution >= 0.6 is 0 Å². The van der Waals surface area contributed by atoms with E-state index in [1.807, 2.05) is 6.92 Å². The highest BCUT2D eigenvalue weighted by Crippen LogP contribution is 2.27. The van der Waals surface area contributed by atoms with Crippen LogP contribution in [0, 0.1) is 6.92 Å². The minimum absolute atomic E-state index is 0.160. The molecule has 0 unspecified atom stereocenters. The van der Waals surface area contributed by atoms with Crippen LogP contribution in [0.25, 0.3) is 0 Å². The van der Waals surface area contributed by atoms with Crippen LogP contribution in [0.2, 0.25) is 0 Å². The number of methoxy groups -OCH3 is 1. The normalized spacial score (nSPS) is 10.9. The Morgan fingerprint density at radius 3 is 2.64 bits per heavy atom. The number of hydrogen-bond donors (Lipinski definition) is 2. The summed E-state index contributed by atoms with van der Waals surface area (Å²) in [5.74, 6) is 1.22. The van der Waals surface area contributed by atoms with Gasteiger partial charge in [-0.15, -0.1) is 0 Å². The Bertz CT molecular complexity index is 805. The molecule has 7 heteroatoms. The molecule has 22 heavy (non-hydrogen) atoms. The summed E-state index contributed by atoms with van der Waals surface area (Å²) in [5, 5.41) is 0. The lowest BCUT2D eigenvalue weighted by molar-refractivity contribution is 0.311. The van der Waals surface area contributed by atoms with E-state index in [0.29, 0.717) is 23.8 Å². The maximum absolute atomic E-state index is 11.7. The molecule has 0 aliphatic heterocycles. The molecular formula is C15H17N3O4. The van der Waals surface area contributed by atoms with Gasteiger partial charge >= 0.3 is 5.69 Å². The summed E-state index contributed by atoms with van der Waals surface area (Å²) in [4.78, 5) is 31.6. The van der Waals surface area contributed by atoms with Gasteiger partial charge in [0.2, 0.25) is 0 Å². The van der Waals surface area contributed by atoms with Gasteiger partial charge in [-0.25, -0.2) is 9.79 Å². The number of H-pyrrole nitrogens is 2. The van der Waals surface area contributed by atoms with Gasteiger partial charge in [0.1, 0.15) is 5.69 Å². The van der Waals surface area contributed by atoms with Crippen LogP contribution in [0.5, 0.6) is 11.5 Å². The summed E-state index contributed by atoms with van der Waals surface area (Å²) in [6.45, 7) is 4.04. The molecule has 0 aliphatic rings. The Labute approximate surface area is 126 Å². The Kier molecular flexibility index (Phi) is 4.77. The van der Waals surface area contributed by atoms with E-state index >= 15 is 0 Å². The van der Waals surface area contributed by atoms with Crippen LogP contribution in [-0.2, 0) is 0 Å². The smallest absolute Gasteiger partial charge is 0.326 e. The van der Waals surface area contributed by atoms with E-state index in [1.54, 1.807) is 32.2 Å². The van der Waals surface area contributed by atoms with Crippen LogP contribution in [0.15, 0.2) is 32.8 Å². The molecule has 0 saturated heterocycles. The van der Waals surface area contributed by atoms with Crippen molar-refractivity contribution < 1.29 is 9.47 Å². The summed E-state index contributed by atoms with van der Waals surface area (Å²) in [7, 11) is 1.55. The third kappa shape index (κ3) is 3.43. The second-order valence-electron chi connectivity index (χ2n) is 4.48. The monoisotopic (exact) mass is 303 g/mol. The van der Waals surface area contributed by atoms with Gasteiger partial charge in [0.25, 0.3) is 5.56 Å². The SMILES string of the molecule is CCOc1ccc(C=Nc2c(C)[nH]c(=O)[nH]c2=O)cc1OC. The van der Waals surface area contributed by atoms with E-state index in [1.165, 1.54) is 6.21 Å². The van der Waals surface area contributed by atoms with E-state index in [0.717, 1.165) is 5.56 Å². The molecule has 0 spiro atoms. The highest BCUT2D eigenvalue weighted by atomic mass is 16.5. The molecule has 0 bridgehead atoms. The first-order valence-corrected chi connectivity index (χ1v) is 6.73. The fourth-order valence-electron chi connectivity index (χ4n) is 1.93. The summed E-state index contributed by atoms with van der Waals surface area (Å²) in [5.41, 5.74) is 0.222. The molecule has 116 valence electrons. The molecule has 0 aliphatic carbocycles. The predicted molar refractivity (Wildman–Crippen MR) is 83.8 cm³/mol. The fraction of sp³-hybridized carbons (Fsp3) is 0.267. The van der Waals surface area contributed by atoms with Crippen molar-refractivity contribution in [2.45, 2.75) is 13.8 Å². The summed E-state index contributed by atoms with van der Waals surface area (Å²) < 4.78 is 10.7. The van der Waals surface area contributed by atoms with Gasteiger partial charge in [-0.05, 0) is 37.6 Å². The third-order valence-corrected chi connectivity index (χ3v) is 2.93. The third-order valence-electron chi connectivity index (χ3n) is 2.93. The first kappa shape index (κ1) is 15.6. The molecule has 0 atom stereocenters. The van der Waals surface area contributed by atoms with Gasteiger partial charge in [-0.1, -0.05) is 0 Å². The molecule has 0 fully saturated rings. The summed E-state index contributed by atoms with van der Waals surface area (Å²) >= 11 is 0. The van der Waals surface area contributed by atoms with Crippen LogP contribution in [0.1, 0.15) is 18.2 Å². The largest absolute Gasteiger partial charge is 0.493 e. The van der Waals surface area contributed by atoms with Crippen molar-refractivity contribution in [2.24, 2.45) is 4.99 Å². The van der Waals surface area contributed by atoms with Crippen LogP contribution in [0.3, 0.4) is 0 Å². The number of rotatable bonds is 5. The molecule has 0 amide bonds. The Morgan fingerprint density at radius 2 is 2.00 bits per heavy atom. The van der Waals surface area contributed by atoms with Crippen LogP contribution < -0.4 is 20.7 Å². The van der Waals surface area contributed by atoms with Crippen molar-refractivity contribution in [1.29, 1.82) is 0 Å². The molecule has 2 N–H and O–H groups in total. The van der Waals surface area contributed by atoms with Crippen molar-refractivity contribution in [3.05, 3.63) is 50.3 Å². The van der Waals surface area contributed by atoms with E-state index in [-0.39, 0.29) is 5.69 Å². The molecule has 1 aromatic carbocycles. The first-order chi connectivity index (χ1) is 10.5. The molecule has 0 saturated carbocycles. The maximum atomic E-state index is 11.7. The van der Waals surface area contributed by atoms with Crippen molar-refractivity contribution in [3.63, 3.8) is 0 Å². The molecule has 1 aromatic heterocycles. The highest BCUT2D eigenvalue weighted by Gasteiger charge is 2.06. The van der Waals surface area contributed by atoms with Gasteiger partial charge in [-0.2, -0.15) is 0 Å². The molecule has 2 aromatic rings. The number of aromatic nitrogens is 2. The minimum Gasteiger partial charge on any atom is -0.493 e. The lowest BCUT2D eigenvalue weighted by Gasteiger charge is -2.09. The lowest BCUT2D eigenvalue weighted by Crippen LogP contribution is -2.22. The molecule has 0 radical (unpaired) electrons. The van der Waals surface area contributed by atoms with Crippen molar-refractivity contribution in [3.8, 4) is 11.5 Å². The second kappa shape index (κ2) is 6.75. The molecule has 7 nitrogen and oxygen atoms in total. The standard InChI is InChI=1S/C15H17N3O4/c1-4-22-11-6-5-10(7-12(11)21-3)8-16-13-9(2)17-15(20)18-14(13)19/h5-8H,4H2,1-3H3,(H2,17,18,19,20). The fourth-order valence-corrected chi connectivity index (χ4v) is 1.93. The van der Waals surface area contributed by atoms with Crippen molar-refractivity contribution >= 4 is 11.9 Å². The minimum atomic E-state index is -0.552. The molecular weight excluding hydrogens is 286 g/mol. The Morgan fingerprint density at radius 1 is 1.23 bits per heavy atom. The van der Waals surface area contributed by atoms with Crippen LogP contribution in [-0.4, -0.2) is 29.9 Å². The summed E-state index contributed by atoms with van der Waals surface area (Å²) in [6.07, 6.45) is 1.52. The zero-order chi connectivity index (χ0) is 16.1. The Hall–Kier alpha value is -2.83. The van der Waals surface area contributed by atoms with E-state index < -0.39 is 11.2 Å². The number of aliphatic imine (C=N–C) groups is 1. The topological polar surface area (TPSA) is 96.5 Å². The van der Waals surface area contributed by atoms with Gasteiger partial charge in [0.15, 0.2) is 11.5 Å². The van der Waals surface area contributed by atoms with Crippen LogP contribution in [0.4, 0.5) is 5.69 Å². The summed E-state index contributed by atoms with van der Waals surface area (Å²) in [6, 6.07) is 5.32. The van der Waals surface area contributed by atoms with Gasteiger partial charge in [-0.3, -0.25) is 9.78 Å². The first-order valence-electron chi connectivity index (χ1n) is 6.73. The average molecular weight is 303 g/mol. The van der Waals surface area contributed by atoms with Gasteiger partial charge in [0.05, 0.1) is 13.7 Å². The quantitative estimate of drug-likeness (QED) is 0.819. The van der Waals surface area contributed by atoms with Crippen molar-refractivity contribution in [2.75, 3.05) is 13.7 Å².